The van der Waals surface area contributed by atoms with Crippen LogP contribution in [-0.4, -0.2) is 7.11 Å². The molecule has 0 aliphatic rings. The van der Waals surface area contributed by atoms with Gasteiger partial charge in [-0.2, -0.15) is 0 Å². The van der Waals surface area contributed by atoms with E-state index in [2.05, 4.69) is 62.4 Å². The maximum Gasteiger partial charge on any atom is 0.0793 e. The number of aryl methyl sites for hydroxylation is 1. The number of rotatable bonds is 3. The smallest absolute Gasteiger partial charge is 0.0793 e. The zero-order valence-electron chi connectivity index (χ0n) is 10.6. The highest BCUT2D eigenvalue weighted by Crippen LogP contribution is 2.23. The van der Waals surface area contributed by atoms with E-state index in [4.69, 9.17) is 4.74 Å². The van der Waals surface area contributed by atoms with Gasteiger partial charge in [0.15, 0.2) is 0 Å². The van der Waals surface area contributed by atoms with E-state index in [1.54, 1.807) is 7.11 Å². The second-order valence-corrected chi connectivity index (χ2v) is 4.37. The Labute approximate surface area is 103 Å². The Morgan fingerprint density at radius 1 is 0.824 bits per heavy atom. The Kier molecular flexibility index (Phi) is 3.60. The molecule has 1 atom stereocenters. The summed E-state index contributed by atoms with van der Waals surface area (Å²) < 4.78 is 5.30. The maximum atomic E-state index is 5.30. The Bertz CT molecular complexity index is 468. The summed E-state index contributed by atoms with van der Waals surface area (Å²) in [4.78, 5) is 0. The molecule has 0 amide bonds. The predicted octanol–water partition coefficient (Wildman–Crippen LogP) is 4.37. The molecule has 0 N–H and O–H groups in total. The molecule has 0 fully saturated rings. The lowest BCUT2D eigenvalue weighted by atomic mass is 10.0. The van der Waals surface area contributed by atoms with Crippen LogP contribution in [0.3, 0.4) is 0 Å². The molecule has 0 radical (unpaired) electrons. The van der Waals surface area contributed by atoms with Crippen LogP contribution in [0.2, 0.25) is 0 Å². The second-order valence-electron chi connectivity index (χ2n) is 4.37. The third kappa shape index (κ3) is 2.75. The third-order valence-electron chi connectivity index (χ3n) is 3.12. The van der Waals surface area contributed by atoms with Crippen LogP contribution < -0.4 is 0 Å². The molecule has 0 heterocycles. The molecule has 0 aliphatic heterocycles. The monoisotopic (exact) mass is 226 g/mol. The third-order valence-corrected chi connectivity index (χ3v) is 3.12. The Balaban J connectivity index is 2.26. The zero-order valence-corrected chi connectivity index (χ0v) is 10.6. The fraction of sp³-hybridized carbons (Fsp3) is 0.250. The van der Waals surface area contributed by atoms with Crippen LogP contribution in [0.1, 0.15) is 24.2 Å². The summed E-state index contributed by atoms with van der Waals surface area (Å²) in [5.74, 6) is 0. The first-order chi connectivity index (χ1) is 8.20. The van der Waals surface area contributed by atoms with Crippen molar-refractivity contribution in [2.45, 2.75) is 20.0 Å². The molecular formula is C16H18O. The van der Waals surface area contributed by atoms with Gasteiger partial charge in [0.1, 0.15) is 0 Å². The van der Waals surface area contributed by atoms with Gasteiger partial charge in [-0.05, 0) is 30.5 Å². The van der Waals surface area contributed by atoms with Gasteiger partial charge in [0.25, 0.3) is 0 Å². The summed E-state index contributed by atoms with van der Waals surface area (Å²) in [6.07, 6.45) is 0.155. The first-order valence-corrected chi connectivity index (χ1v) is 5.90. The molecule has 88 valence electrons. The molecule has 0 aliphatic carbocycles. The standard InChI is InChI=1S/C16H18O/c1-12-4-6-15(7-5-12)16-10-8-14(9-11-16)13(2)17-3/h4-11,13H,1-3H3. The minimum absolute atomic E-state index is 0.155. The van der Waals surface area contributed by atoms with Crippen molar-refractivity contribution in [2.75, 3.05) is 7.11 Å². The summed E-state index contributed by atoms with van der Waals surface area (Å²) >= 11 is 0. The molecule has 1 unspecified atom stereocenters. The van der Waals surface area contributed by atoms with Gasteiger partial charge in [0.05, 0.1) is 6.10 Å². The lowest BCUT2D eigenvalue weighted by Crippen LogP contribution is -1.94. The fourth-order valence-electron chi connectivity index (χ4n) is 1.83. The van der Waals surface area contributed by atoms with Crippen LogP contribution in [0.25, 0.3) is 11.1 Å². The largest absolute Gasteiger partial charge is 0.377 e. The lowest BCUT2D eigenvalue weighted by molar-refractivity contribution is 0.119. The van der Waals surface area contributed by atoms with Crippen LogP contribution in [0.4, 0.5) is 0 Å². The van der Waals surface area contributed by atoms with E-state index >= 15 is 0 Å². The molecule has 1 nitrogen and oxygen atoms in total. The number of methoxy groups -OCH3 is 1. The van der Waals surface area contributed by atoms with E-state index in [1.807, 2.05) is 0 Å². The number of hydrogen-bond acceptors (Lipinski definition) is 1. The molecule has 2 rings (SSSR count). The number of benzene rings is 2. The summed E-state index contributed by atoms with van der Waals surface area (Å²) in [5, 5.41) is 0. The Morgan fingerprint density at radius 2 is 1.29 bits per heavy atom. The summed E-state index contributed by atoms with van der Waals surface area (Å²) in [5.41, 5.74) is 5.01. The Morgan fingerprint density at radius 3 is 1.76 bits per heavy atom. The van der Waals surface area contributed by atoms with Crippen molar-refractivity contribution in [3.63, 3.8) is 0 Å². The summed E-state index contributed by atoms with van der Waals surface area (Å²) in [6, 6.07) is 17.1. The van der Waals surface area contributed by atoms with Crippen molar-refractivity contribution in [3.8, 4) is 11.1 Å². The highest BCUT2D eigenvalue weighted by Gasteiger charge is 2.03. The number of hydrogen-bond donors (Lipinski definition) is 0. The van der Waals surface area contributed by atoms with E-state index in [0.717, 1.165) is 0 Å². The molecule has 1 heteroatoms. The average Bonchev–Trinajstić information content (AvgIpc) is 2.39. The van der Waals surface area contributed by atoms with Gasteiger partial charge in [-0.3, -0.25) is 0 Å². The van der Waals surface area contributed by atoms with Crippen LogP contribution in [0.15, 0.2) is 48.5 Å². The van der Waals surface area contributed by atoms with Crippen LogP contribution >= 0.6 is 0 Å². The van der Waals surface area contributed by atoms with Gasteiger partial charge in [0, 0.05) is 7.11 Å². The van der Waals surface area contributed by atoms with E-state index in [9.17, 15) is 0 Å². The zero-order chi connectivity index (χ0) is 12.3. The van der Waals surface area contributed by atoms with Crippen LogP contribution in [-0.2, 0) is 4.74 Å². The SMILES string of the molecule is COC(C)c1ccc(-c2ccc(C)cc2)cc1. The number of ether oxygens (including phenoxy) is 1. The van der Waals surface area contributed by atoms with E-state index in [0.29, 0.717) is 0 Å². The van der Waals surface area contributed by atoms with Gasteiger partial charge in [0.2, 0.25) is 0 Å². The van der Waals surface area contributed by atoms with Gasteiger partial charge < -0.3 is 4.74 Å². The van der Waals surface area contributed by atoms with Crippen molar-refractivity contribution in [1.82, 2.24) is 0 Å². The molecule has 17 heavy (non-hydrogen) atoms. The molecule has 0 saturated carbocycles. The fourth-order valence-corrected chi connectivity index (χ4v) is 1.83. The summed E-state index contributed by atoms with van der Waals surface area (Å²) in [6.45, 7) is 4.16. The molecule has 0 aromatic heterocycles. The van der Waals surface area contributed by atoms with Crippen molar-refractivity contribution in [1.29, 1.82) is 0 Å². The maximum absolute atomic E-state index is 5.30. The molecule has 2 aromatic rings. The lowest BCUT2D eigenvalue weighted by Gasteiger charge is -2.10. The average molecular weight is 226 g/mol. The minimum Gasteiger partial charge on any atom is -0.377 e. The van der Waals surface area contributed by atoms with Gasteiger partial charge in [-0.1, -0.05) is 54.1 Å². The van der Waals surface area contributed by atoms with Crippen LogP contribution in [0.5, 0.6) is 0 Å². The van der Waals surface area contributed by atoms with Crippen molar-refractivity contribution >= 4 is 0 Å². The van der Waals surface area contributed by atoms with Crippen molar-refractivity contribution in [3.05, 3.63) is 59.7 Å². The molecule has 0 bridgehead atoms. The topological polar surface area (TPSA) is 9.23 Å². The van der Waals surface area contributed by atoms with Gasteiger partial charge in [-0.15, -0.1) is 0 Å². The first-order valence-electron chi connectivity index (χ1n) is 5.90. The minimum atomic E-state index is 0.155. The van der Waals surface area contributed by atoms with E-state index in [1.165, 1.54) is 22.3 Å². The molecule has 0 spiro atoms. The quantitative estimate of drug-likeness (QED) is 0.755. The normalized spacial score (nSPS) is 12.4. The van der Waals surface area contributed by atoms with Gasteiger partial charge >= 0.3 is 0 Å². The van der Waals surface area contributed by atoms with Crippen molar-refractivity contribution in [2.24, 2.45) is 0 Å². The molecule has 2 aromatic carbocycles. The predicted molar refractivity (Wildman–Crippen MR) is 72.0 cm³/mol. The van der Waals surface area contributed by atoms with Gasteiger partial charge in [-0.25, -0.2) is 0 Å². The van der Waals surface area contributed by atoms with E-state index < -0.39 is 0 Å². The highest BCUT2D eigenvalue weighted by atomic mass is 16.5. The summed E-state index contributed by atoms with van der Waals surface area (Å²) in [7, 11) is 1.73. The van der Waals surface area contributed by atoms with Crippen molar-refractivity contribution < 1.29 is 4.74 Å². The van der Waals surface area contributed by atoms with E-state index in [-0.39, 0.29) is 6.10 Å². The molecule has 0 saturated heterocycles. The van der Waals surface area contributed by atoms with Crippen LogP contribution in [0, 0.1) is 6.92 Å². The highest BCUT2D eigenvalue weighted by molar-refractivity contribution is 5.63. The Hall–Kier alpha value is -1.60. The first kappa shape index (κ1) is 11.9. The second kappa shape index (κ2) is 5.15. The molecular weight excluding hydrogens is 208 g/mol.